The van der Waals surface area contributed by atoms with Gasteiger partial charge in [0.1, 0.15) is 15.9 Å². The summed E-state index contributed by atoms with van der Waals surface area (Å²) in [5, 5.41) is 18.1. The van der Waals surface area contributed by atoms with Crippen molar-refractivity contribution in [2.75, 3.05) is 0 Å². The molecule has 14 heavy (non-hydrogen) atoms. The number of aliphatic hydroxyl groups excluding tert-OH is 1. The first-order valence-corrected chi connectivity index (χ1v) is 4.80. The van der Waals surface area contributed by atoms with Crippen LogP contribution < -0.4 is 51.4 Å². The fraction of sp³-hybridized carbons (Fsp3) is 0.143. The number of aliphatic hydroxyl groups is 1. The van der Waals surface area contributed by atoms with Crippen LogP contribution in [0.4, 0.5) is 0 Å². The van der Waals surface area contributed by atoms with Gasteiger partial charge in [-0.25, -0.2) is 8.42 Å². The summed E-state index contributed by atoms with van der Waals surface area (Å²) in [6.45, 7) is 0. The molecule has 5 nitrogen and oxygen atoms in total. The number of para-hydroxylation sites is 1. The summed E-state index contributed by atoms with van der Waals surface area (Å²) >= 11 is 0. The number of rotatable bonds is 2. The number of benzene rings is 1. The molecule has 0 aromatic heterocycles. The predicted octanol–water partition coefficient (Wildman–Crippen LogP) is -3.07. The molecule has 2 N–H and O–H groups in total. The third-order valence-corrected chi connectivity index (χ3v) is 2.28. The number of phenols is 1. The molecule has 7 heteroatoms. The van der Waals surface area contributed by atoms with Gasteiger partial charge < -0.3 is 14.8 Å². The normalized spacial score (nSPS) is 13.0. The van der Waals surface area contributed by atoms with Crippen LogP contribution in [0.25, 0.3) is 0 Å². The van der Waals surface area contributed by atoms with E-state index in [-0.39, 0.29) is 56.9 Å². The first-order chi connectivity index (χ1) is 5.93. The molecule has 1 aromatic carbocycles. The Hall–Kier alpha value is 0.526. The minimum Gasteiger partial charge on any atom is -0.746 e. The number of hydrogen-bond donors (Lipinski definition) is 2. The molecule has 0 heterocycles. The molecule has 1 rings (SSSR count). The molecule has 1 atom stereocenters. The standard InChI is InChI=1S/C7H8O5S.K/c8-6-4-2-1-3-5(6)7(9)13(10,11)12;/h1-4,7-9H,(H,10,11,12);/q;+1/p-1. The molecule has 0 saturated carbocycles. The third kappa shape index (κ3) is 3.59. The van der Waals surface area contributed by atoms with Gasteiger partial charge in [0.25, 0.3) is 0 Å². The largest absolute Gasteiger partial charge is 1.00 e. The molecule has 0 aliphatic carbocycles. The first-order valence-electron chi connectivity index (χ1n) is 3.33. The SMILES string of the molecule is O=S(=O)([O-])C(O)c1ccccc1O.[K+]. The van der Waals surface area contributed by atoms with Crippen molar-refractivity contribution in [2.24, 2.45) is 0 Å². The molecule has 0 spiro atoms. The van der Waals surface area contributed by atoms with E-state index in [0.717, 1.165) is 6.07 Å². The number of aromatic hydroxyl groups is 1. The van der Waals surface area contributed by atoms with Gasteiger partial charge in [0, 0.05) is 5.56 Å². The Bertz CT molecular complexity index is 402. The van der Waals surface area contributed by atoms with Crippen LogP contribution in [0.2, 0.25) is 0 Å². The van der Waals surface area contributed by atoms with Crippen LogP contribution >= 0.6 is 0 Å². The maximum absolute atomic E-state index is 10.4. The summed E-state index contributed by atoms with van der Waals surface area (Å²) in [6, 6.07) is 5.20. The Morgan fingerprint density at radius 1 is 1.29 bits per heavy atom. The van der Waals surface area contributed by atoms with Crippen molar-refractivity contribution in [3.8, 4) is 5.75 Å². The summed E-state index contributed by atoms with van der Waals surface area (Å²) in [5.74, 6) is -0.422. The van der Waals surface area contributed by atoms with Crippen LogP contribution in [0, 0.1) is 0 Å². The Labute approximate surface area is 124 Å². The average molecular weight is 242 g/mol. The quantitative estimate of drug-likeness (QED) is 0.424. The monoisotopic (exact) mass is 242 g/mol. The van der Waals surface area contributed by atoms with Crippen LogP contribution in [-0.4, -0.2) is 23.2 Å². The molecule has 0 aliphatic rings. The zero-order chi connectivity index (χ0) is 10.1. The van der Waals surface area contributed by atoms with Crippen molar-refractivity contribution in [1.82, 2.24) is 0 Å². The van der Waals surface area contributed by atoms with Crippen molar-refractivity contribution in [3.63, 3.8) is 0 Å². The summed E-state index contributed by atoms with van der Waals surface area (Å²) in [6.07, 6.45) is 0. The summed E-state index contributed by atoms with van der Waals surface area (Å²) in [5.41, 5.74) is -2.52. The van der Waals surface area contributed by atoms with Gasteiger partial charge in [-0.1, -0.05) is 18.2 Å². The van der Waals surface area contributed by atoms with Gasteiger partial charge in [0.15, 0.2) is 5.44 Å². The third-order valence-electron chi connectivity index (χ3n) is 1.48. The second-order valence-electron chi connectivity index (χ2n) is 2.40. The second kappa shape index (κ2) is 5.57. The van der Waals surface area contributed by atoms with E-state index in [2.05, 4.69) is 0 Å². The van der Waals surface area contributed by atoms with E-state index in [1.54, 1.807) is 0 Å². The van der Waals surface area contributed by atoms with Crippen LogP contribution in [0.1, 0.15) is 11.0 Å². The zero-order valence-corrected chi connectivity index (χ0v) is 11.4. The van der Waals surface area contributed by atoms with Gasteiger partial charge in [-0.3, -0.25) is 0 Å². The maximum Gasteiger partial charge on any atom is 1.00 e. The Balaban J connectivity index is 0.00000169. The van der Waals surface area contributed by atoms with Crippen molar-refractivity contribution in [3.05, 3.63) is 29.8 Å². The Morgan fingerprint density at radius 3 is 2.21 bits per heavy atom. The smallest absolute Gasteiger partial charge is 0.746 e. The van der Waals surface area contributed by atoms with Crippen LogP contribution in [0.15, 0.2) is 24.3 Å². The summed E-state index contributed by atoms with van der Waals surface area (Å²) in [4.78, 5) is 0. The van der Waals surface area contributed by atoms with Gasteiger partial charge in [-0.15, -0.1) is 0 Å². The number of hydrogen-bond acceptors (Lipinski definition) is 5. The molecular formula is C7H7KO5S. The molecule has 0 radical (unpaired) electrons. The van der Waals surface area contributed by atoms with Crippen molar-refractivity contribution in [2.45, 2.75) is 5.44 Å². The van der Waals surface area contributed by atoms with Crippen molar-refractivity contribution in [1.29, 1.82) is 0 Å². The van der Waals surface area contributed by atoms with E-state index in [1.165, 1.54) is 18.2 Å². The topological polar surface area (TPSA) is 97.7 Å². The Kier molecular flexibility index (Phi) is 5.78. The van der Waals surface area contributed by atoms with Crippen LogP contribution in [0.5, 0.6) is 5.75 Å². The first kappa shape index (κ1) is 14.5. The minimum atomic E-state index is -4.83. The van der Waals surface area contributed by atoms with E-state index >= 15 is 0 Å². The van der Waals surface area contributed by atoms with Gasteiger partial charge in [0.05, 0.1) is 0 Å². The molecule has 0 fully saturated rings. The van der Waals surface area contributed by atoms with Crippen LogP contribution in [0.3, 0.4) is 0 Å². The van der Waals surface area contributed by atoms with Gasteiger partial charge in [-0.05, 0) is 6.07 Å². The van der Waals surface area contributed by atoms with E-state index < -0.39 is 21.3 Å². The molecule has 0 amide bonds. The molecule has 0 bridgehead atoms. The van der Waals surface area contributed by atoms with E-state index in [1.807, 2.05) is 0 Å². The number of phenolic OH excluding ortho intramolecular Hbond substituents is 1. The van der Waals surface area contributed by atoms with E-state index in [9.17, 15) is 13.0 Å². The van der Waals surface area contributed by atoms with Gasteiger partial charge in [0.2, 0.25) is 0 Å². The van der Waals surface area contributed by atoms with Gasteiger partial charge in [-0.2, -0.15) is 0 Å². The van der Waals surface area contributed by atoms with E-state index in [4.69, 9.17) is 10.2 Å². The molecule has 1 aromatic rings. The average Bonchev–Trinajstić information content (AvgIpc) is 2.02. The fourth-order valence-electron chi connectivity index (χ4n) is 0.852. The second-order valence-corrected chi connectivity index (χ2v) is 3.84. The molecule has 1 unspecified atom stereocenters. The molecule has 0 saturated heterocycles. The summed E-state index contributed by atoms with van der Waals surface area (Å²) < 4.78 is 31.1. The maximum atomic E-state index is 10.4. The van der Waals surface area contributed by atoms with Crippen molar-refractivity contribution >= 4 is 10.1 Å². The van der Waals surface area contributed by atoms with Crippen LogP contribution in [-0.2, 0) is 10.1 Å². The predicted molar refractivity (Wildman–Crippen MR) is 42.8 cm³/mol. The molecule has 0 aliphatic heterocycles. The fourth-order valence-corrected chi connectivity index (χ4v) is 1.36. The zero-order valence-electron chi connectivity index (χ0n) is 7.41. The van der Waals surface area contributed by atoms with Gasteiger partial charge >= 0.3 is 51.4 Å². The Morgan fingerprint density at radius 2 is 1.79 bits per heavy atom. The molecular weight excluding hydrogens is 235 g/mol. The van der Waals surface area contributed by atoms with E-state index in [0.29, 0.717) is 0 Å². The summed E-state index contributed by atoms with van der Waals surface area (Å²) in [7, 11) is -4.83. The molecule has 72 valence electrons. The minimum absolute atomic E-state index is 0. The van der Waals surface area contributed by atoms with Crippen molar-refractivity contribution < 1.29 is 74.6 Å².